The molecule has 1 aromatic heterocycles. The van der Waals surface area contributed by atoms with E-state index in [-0.39, 0.29) is 0 Å². The van der Waals surface area contributed by atoms with Crippen molar-refractivity contribution in [2.75, 3.05) is 0 Å². The van der Waals surface area contributed by atoms with E-state index in [0.29, 0.717) is 16.3 Å². The molecule has 3 aromatic rings. The van der Waals surface area contributed by atoms with Crippen LogP contribution in [0.1, 0.15) is 11.5 Å². The first kappa shape index (κ1) is 14.7. The highest BCUT2D eigenvalue weighted by Gasteiger charge is 2.37. The highest BCUT2D eigenvalue weighted by molar-refractivity contribution is 7.78. The largest absolute Gasteiger partial charge is 0.378 e. The summed E-state index contributed by atoms with van der Waals surface area (Å²) >= 11 is 0. The number of nitrogens with zero attached hydrogens (tertiary/aromatic N) is 1. The summed E-state index contributed by atoms with van der Waals surface area (Å²) in [6.45, 7) is 0. The fourth-order valence-electron chi connectivity index (χ4n) is 2.45. The Morgan fingerprint density at radius 3 is 1.73 bits per heavy atom. The summed E-state index contributed by atoms with van der Waals surface area (Å²) in [6, 6.07) is 23.5. The van der Waals surface area contributed by atoms with Gasteiger partial charge in [0, 0.05) is 16.8 Å². The minimum absolute atomic E-state index is 0.415. The lowest BCUT2D eigenvalue weighted by Gasteiger charge is -2.24. The quantitative estimate of drug-likeness (QED) is 0.754. The van der Waals surface area contributed by atoms with Crippen molar-refractivity contribution in [2.45, 2.75) is 5.85 Å². The predicted molar refractivity (Wildman–Crippen MR) is 89.0 cm³/mol. The third-order valence-corrected chi connectivity index (χ3v) is 6.66. The van der Waals surface area contributed by atoms with Gasteiger partial charge in [0.25, 0.3) is 0 Å². The van der Waals surface area contributed by atoms with Crippen LogP contribution in [0.4, 0.5) is 0 Å². The van der Waals surface area contributed by atoms with Crippen molar-refractivity contribution in [2.24, 2.45) is 0 Å². The zero-order chi connectivity index (χ0) is 15.4. The SMILES string of the molecule is O=P(c1ccccc1)(c1ccccc1)[C@H](O)c1ccccn1. The van der Waals surface area contributed by atoms with Crippen LogP contribution in [-0.2, 0) is 4.57 Å². The fraction of sp³-hybridized carbons (Fsp3) is 0.0556. The maximum Gasteiger partial charge on any atom is 0.176 e. The summed E-state index contributed by atoms with van der Waals surface area (Å²) in [4.78, 5) is 4.17. The molecule has 3 nitrogen and oxygen atoms in total. The van der Waals surface area contributed by atoms with Gasteiger partial charge in [-0.2, -0.15) is 0 Å². The molecule has 0 saturated carbocycles. The minimum atomic E-state index is -3.24. The maximum atomic E-state index is 13.8. The zero-order valence-electron chi connectivity index (χ0n) is 11.9. The standard InChI is InChI=1S/C18H16NO2P/c20-18(17-13-7-8-14-19-17)22(21,15-9-3-1-4-10-15)16-11-5-2-6-12-16/h1-14,18,20H/t18-/m0/s1. The van der Waals surface area contributed by atoms with E-state index in [0.717, 1.165) is 0 Å². The molecule has 0 aliphatic rings. The Balaban J connectivity index is 2.18. The van der Waals surface area contributed by atoms with Crippen LogP contribution in [0, 0.1) is 0 Å². The van der Waals surface area contributed by atoms with Crippen LogP contribution in [0.15, 0.2) is 85.1 Å². The summed E-state index contributed by atoms with van der Waals surface area (Å²) < 4.78 is 13.8. The average Bonchev–Trinajstić information content (AvgIpc) is 2.62. The first-order valence-corrected chi connectivity index (χ1v) is 8.80. The monoisotopic (exact) mass is 309 g/mol. The highest BCUT2D eigenvalue weighted by Crippen LogP contribution is 2.55. The normalized spacial score (nSPS) is 12.8. The van der Waals surface area contributed by atoms with Gasteiger partial charge in [-0.1, -0.05) is 66.7 Å². The molecular formula is C18H16NO2P. The van der Waals surface area contributed by atoms with Gasteiger partial charge in [0.2, 0.25) is 0 Å². The Bertz CT molecular complexity index is 732. The lowest BCUT2D eigenvalue weighted by Crippen LogP contribution is -2.21. The van der Waals surface area contributed by atoms with Crippen molar-refractivity contribution in [3.05, 3.63) is 90.8 Å². The molecule has 4 heteroatoms. The number of pyridine rings is 1. The lowest BCUT2D eigenvalue weighted by molar-refractivity contribution is 0.252. The minimum Gasteiger partial charge on any atom is -0.378 e. The van der Waals surface area contributed by atoms with E-state index in [2.05, 4.69) is 4.98 Å². The number of aliphatic hydroxyl groups excluding tert-OH is 1. The Morgan fingerprint density at radius 2 is 1.27 bits per heavy atom. The van der Waals surface area contributed by atoms with Gasteiger partial charge < -0.3 is 9.67 Å². The van der Waals surface area contributed by atoms with Gasteiger partial charge in [-0.15, -0.1) is 0 Å². The molecule has 0 fully saturated rings. The third-order valence-electron chi connectivity index (χ3n) is 3.58. The van der Waals surface area contributed by atoms with E-state index in [4.69, 9.17) is 0 Å². The average molecular weight is 309 g/mol. The number of aromatic nitrogens is 1. The summed E-state index contributed by atoms with van der Waals surface area (Å²) in [5, 5.41) is 12.1. The molecule has 0 unspecified atom stereocenters. The summed E-state index contributed by atoms with van der Waals surface area (Å²) in [6.07, 6.45) is 1.60. The molecule has 2 aromatic carbocycles. The van der Waals surface area contributed by atoms with Gasteiger partial charge in [0.05, 0.1) is 5.69 Å². The molecule has 0 bridgehead atoms. The second kappa shape index (κ2) is 6.27. The second-order valence-corrected chi connectivity index (χ2v) is 7.80. The van der Waals surface area contributed by atoms with Crippen LogP contribution in [0.25, 0.3) is 0 Å². The molecule has 1 N–H and O–H groups in total. The van der Waals surface area contributed by atoms with Crippen molar-refractivity contribution in [1.29, 1.82) is 0 Å². The third kappa shape index (κ3) is 2.61. The number of aliphatic hydroxyl groups is 1. The van der Waals surface area contributed by atoms with Crippen LogP contribution in [0.5, 0.6) is 0 Å². The van der Waals surface area contributed by atoms with E-state index in [1.54, 1.807) is 48.7 Å². The molecule has 0 amide bonds. The van der Waals surface area contributed by atoms with Crippen molar-refractivity contribution in [3.8, 4) is 0 Å². The van der Waals surface area contributed by atoms with Crippen LogP contribution in [0.3, 0.4) is 0 Å². The topological polar surface area (TPSA) is 50.2 Å². The van der Waals surface area contributed by atoms with Crippen molar-refractivity contribution in [3.63, 3.8) is 0 Å². The molecular weight excluding hydrogens is 293 g/mol. The molecule has 0 saturated heterocycles. The Morgan fingerprint density at radius 1 is 0.773 bits per heavy atom. The number of hydrogen-bond donors (Lipinski definition) is 1. The van der Waals surface area contributed by atoms with Gasteiger partial charge in [-0.25, -0.2) is 0 Å². The van der Waals surface area contributed by atoms with Gasteiger partial charge in [0.15, 0.2) is 13.0 Å². The first-order valence-electron chi connectivity index (χ1n) is 7.03. The van der Waals surface area contributed by atoms with Crippen LogP contribution >= 0.6 is 7.14 Å². The van der Waals surface area contributed by atoms with Crippen LogP contribution in [-0.4, -0.2) is 10.1 Å². The van der Waals surface area contributed by atoms with E-state index >= 15 is 0 Å². The molecule has 1 heterocycles. The molecule has 110 valence electrons. The molecule has 0 aliphatic carbocycles. The van der Waals surface area contributed by atoms with Crippen molar-refractivity contribution >= 4 is 17.8 Å². The van der Waals surface area contributed by atoms with Gasteiger partial charge in [0.1, 0.15) is 0 Å². The maximum absolute atomic E-state index is 13.8. The molecule has 3 rings (SSSR count). The molecule has 0 aliphatic heterocycles. The Labute approximate surface area is 129 Å². The van der Waals surface area contributed by atoms with Gasteiger partial charge in [-0.05, 0) is 12.1 Å². The van der Waals surface area contributed by atoms with Crippen molar-refractivity contribution in [1.82, 2.24) is 4.98 Å². The van der Waals surface area contributed by atoms with Crippen molar-refractivity contribution < 1.29 is 9.67 Å². The molecule has 0 radical (unpaired) electrons. The zero-order valence-corrected chi connectivity index (χ0v) is 12.8. The van der Waals surface area contributed by atoms with E-state index < -0.39 is 13.0 Å². The smallest absolute Gasteiger partial charge is 0.176 e. The number of hydrogen-bond acceptors (Lipinski definition) is 3. The van der Waals surface area contributed by atoms with E-state index in [1.165, 1.54) is 0 Å². The van der Waals surface area contributed by atoms with E-state index in [1.807, 2.05) is 36.4 Å². The van der Waals surface area contributed by atoms with E-state index in [9.17, 15) is 9.67 Å². The summed E-state index contributed by atoms with van der Waals surface area (Å²) in [7, 11) is -3.24. The molecule has 1 atom stereocenters. The fourth-order valence-corrected chi connectivity index (χ4v) is 5.06. The second-order valence-electron chi connectivity index (χ2n) is 4.96. The van der Waals surface area contributed by atoms with Gasteiger partial charge in [-0.3, -0.25) is 4.98 Å². The lowest BCUT2D eigenvalue weighted by atomic mass is 10.4. The number of rotatable bonds is 4. The summed E-state index contributed by atoms with van der Waals surface area (Å²) in [5.74, 6) is -1.17. The van der Waals surface area contributed by atoms with Crippen LogP contribution < -0.4 is 10.6 Å². The van der Waals surface area contributed by atoms with Gasteiger partial charge >= 0.3 is 0 Å². The number of benzene rings is 2. The Kier molecular flexibility index (Phi) is 4.19. The summed E-state index contributed by atoms with van der Waals surface area (Å²) in [5.41, 5.74) is 0.415. The Hall–Kier alpha value is -2.22. The highest BCUT2D eigenvalue weighted by atomic mass is 31.2. The molecule has 0 spiro atoms. The van der Waals surface area contributed by atoms with Crippen LogP contribution in [0.2, 0.25) is 0 Å². The molecule has 22 heavy (non-hydrogen) atoms. The predicted octanol–water partition coefficient (Wildman–Crippen LogP) is 3.09. The first-order chi connectivity index (χ1) is 10.7.